The van der Waals surface area contributed by atoms with Crippen molar-refractivity contribution in [2.45, 2.75) is 0 Å². The Morgan fingerprint density at radius 2 is 1.55 bits per heavy atom. The van der Waals surface area contributed by atoms with Crippen LogP contribution in [-0.4, -0.2) is 70.9 Å². The number of ether oxygens (including phenoxy) is 4. The molecule has 1 saturated heterocycles. The number of piperazine rings is 1. The lowest BCUT2D eigenvalue weighted by Crippen LogP contribution is -2.49. The molecule has 176 valence electrons. The van der Waals surface area contributed by atoms with Gasteiger partial charge in [-0.1, -0.05) is 0 Å². The molecule has 0 aliphatic carbocycles. The molecule has 1 aliphatic heterocycles. The van der Waals surface area contributed by atoms with Gasteiger partial charge in [0.25, 0.3) is 5.91 Å². The molecule has 0 unspecified atom stereocenters. The predicted octanol–water partition coefficient (Wildman–Crippen LogP) is 2.76. The van der Waals surface area contributed by atoms with Gasteiger partial charge in [0.2, 0.25) is 5.75 Å². The van der Waals surface area contributed by atoms with Crippen LogP contribution in [-0.2, 0) is 14.3 Å². The maximum Gasteiger partial charge on any atom is 0.331 e. The molecule has 2 aromatic carbocycles. The summed E-state index contributed by atoms with van der Waals surface area (Å²) in [4.78, 5) is 28.2. The summed E-state index contributed by atoms with van der Waals surface area (Å²) in [5.41, 5.74) is 1.55. The molecule has 0 N–H and O–H groups in total. The van der Waals surface area contributed by atoms with Crippen LogP contribution in [0.2, 0.25) is 0 Å². The van der Waals surface area contributed by atoms with E-state index in [9.17, 15) is 14.0 Å². The zero-order valence-electron chi connectivity index (χ0n) is 18.9. The second-order valence-electron chi connectivity index (χ2n) is 7.24. The fourth-order valence-electron chi connectivity index (χ4n) is 3.50. The predicted molar refractivity (Wildman–Crippen MR) is 121 cm³/mol. The molecule has 0 aromatic heterocycles. The Bertz CT molecular complexity index is 976. The average molecular weight is 458 g/mol. The number of nitrogens with zero attached hydrogens (tertiary/aromatic N) is 2. The highest BCUT2D eigenvalue weighted by atomic mass is 19.1. The maximum absolute atomic E-state index is 13.1. The lowest BCUT2D eigenvalue weighted by atomic mass is 10.1. The standard InChI is InChI=1S/C24H27FN2O6/c1-30-20-14-17(15-21(31-2)24(20)32-3)4-9-23(29)33-16-22(28)27-12-10-26(11-13-27)19-7-5-18(25)6-8-19/h4-9,14-15H,10-13,16H2,1-3H3/b9-4+. The Hall–Kier alpha value is -3.75. The third-order valence-electron chi connectivity index (χ3n) is 5.26. The van der Waals surface area contributed by atoms with Crippen molar-refractivity contribution in [2.24, 2.45) is 0 Å². The Labute approximate surface area is 192 Å². The Balaban J connectivity index is 1.49. The maximum atomic E-state index is 13.1. The van der Waals surface area contributed by atoms with Crippen molar-refractivity contribution in [1.29, 1.82) is 0 Å². The number of benzene rings is 2. The minimum atomic E-state index is -0.637. The molecule has 0 atom stereocenters. The number of carbonyl (C=O) groups excluding carboxylic acids is 2. The summed E-state index contributed by atoms with van der Waals surface area (Å²) in [7, 11) is 4.52. The molecule has 3 rings (SSSR count). The second kappa shape index (κ2) is 11.2. The summed E-state index contributed by atoms with van der Waals surface area (Å²) < 4.78 is 34.0. The molecule has 1 heterocycles. The van der Waals surface area contributed by atoms with Crippen molar-refractivity contribution >= 4 is 23.6 Å². The van der Waals surface area contributed by atoms with Crippen molar-refractivity contribution in [3.8, 4) is 17.2 Å². The van der Waals surface area contributed by atoms with E-state index in [0.717, 1.165) is 5.69 Å². The first kappa shape index (κ1) is 23.9. The fourth-order valence-corrected chi connectivity index (χ4v) is 3.50. The van der Waals surface area contributed by atoms with E-state index in [0.29, 0.717) is 49.0 Å². The van der Waals surface area contributed by atoms with Crippen LogP contribution < -0.4 is 19.1 Å². The summed E-state index contributed by atoms with van der Waals surface area (Å²) in [6.45, 7) is 1.89. The first-order valence-corrected chi connectivity index (χ1v) is 10.4. The van der Waals surface area contributed by atoms with Gasteiger partial charge in [0.05, 0.1) is 21.3 Å². The zero-order valence-corrected chi connectivity index (χ0v) is 18.9. The first-order valence-electron chi connectivity index (χ1n) is 10.4. The van der Waals surface area contributed by atoms with Crippen molar-refractivity contribution in [1.82, 2.24) is 4.90 Å². The quantitative estimate of drug-likeness (QED) is 0.445. The molecule has 0 saturated carbocycles. The fraction of sp³-hybridized carbons (Fsp3) is 0.333. The van der Waals surface area contributed by atoms with Gasteiger partial charge in [-0.05, 0) is 48.0 Å². The van der Waals surface area contributed by atoms with Crippen molar-refractivity contribution in [3.63, 3.8) is 0 Å². The molecule has 0 radical (unpaired) electrons. The number of anilines is 1. The highest BCUT2D eigenvalue weighted by Gasteiger charge is 2.22. The zero-order chi connectivity index (χ0) is 23.8. The number of halogens is 1. The minimum Gasteiger partial charge on any atom is -0.493 e. The lowest BCUT2D eigenvalue weighted by molar-refractivity contribution is -0.148. The van der Waals surface area contributed by atoms with Gasteiger partial charge in [-0.2, -0.15) is 0 Å². The number of amides is 1. The topological polar surface area (TPSA) is 77.5 Å². The van der Waals surface area contributed by atoms with Gasteiger partial charge >= 0.3 is 5.97 Å². The van der Waals surface area contributed by atoms with Crippen LogP contribution in [0.5, 0.6) is 17.2 Å². The van der Waals surface area contributed by atoms with Crippen LogP contribution in [0.15, 0.2) is 42.5 Å². The molecule has 0 bridgehead atoms. The minimum absolute atomic E-state index is 0.261. The molecule has 2 aromatic rings. The Kier molecular flexibility index (Phi) is 8.12. The highest BCUT2D eigenvalue weighted by Crippen LogP contribution is 2.38. The van der Waals surface area contributed by atoms with Crippen LogP contribution in [0, 0.1) is 5.82 Å². The van der Waals surface area contributed by atoms with E-state index in [4.69, 9.17) is 18.9 Å². The third-order valence-corrected chi connectivity index (χ3v) is 5.26. The highest BCUT2D eigenvalue weighted by molar-refractivity contribution is 5.89. The molecule has 1 amide bonds. The molecule has 9 heteroatoms. The van der Waals surface area contributed by atoms with Gasteiger partial charge in [-0.15, -0.1) is 0 Å². The third kappa shape index (κ3) is 6.15. The molecule has 1 fully saturated rings. The summed E-state index contributed by atoms with van der Waals surface area (Å²) in [5.74, 6) is 0.184. The molecule has 8 nitrogen and oxygen atoms in total. The summed E-state index contributed by atoms with van der Waals surface area (Å²) in [6, 6.07) is 9.65. The number of rotatable bonds is 8. The summed E-state index contributed by atoms with van der Waals surface area (Å²) in [5, 5.41) is 0. The molecule has 33 heavy (non-hydrogen) atoms. The SMILES string of the molecule is COc1cc(/C=C/C(=O)OCC(=O)N2CCN(c3ccc(F)cc3)CC2)cc(OC)c1OC. The van der Waals surface area contributed by atoms with E-state index in [-0.39, 0.29) is 18.3 Å². The first-order chi connectivity index (χ1) is 15.9. The molecule has 0 spiro atoms. The van der Waals surface area contributed by atoms with Gasteiger partial charge in [0.15, 0.2) is 18.1 Å². The Morgan fingerprint density at radius 3 is 2.09 bits per heavy atom. The van der Waals surface area contributed by atoms with Crippen molar-refractivity contribution < 1.29 is 32.9 Å². The van der Waals surface area contributed by atoms with Crippen LogP contribution in [0.1, 0.15) is 5.56 Å². The number of hydrogen-bond donors (Lipinski definition) is 0. The summed E-state index contributed by atoms with van der Waals surface area (Å²) >= 11 is 0. The number of hydrogen-bond acceptors (Lipinski definition) is 7. The van der Waals surface area contributed by atoms with Gasteiger partial charge in [-0.3, -0.25) is 4.79 Å². The largest absolute Gasteiger partial charge is 0.493 e. The second-order valence-corrected chi connectivity index (χ2v) is 7.24. The van der Waals surface area contributed by atoms with Gasteiger partial charge in [0.1, 0.15) is 5.82 Å². The van der Waals surface area contributed by atoms with Gasteiger partial charge in [0, 0.05) is 37.9 Å². The number of esters is 1. The van der Waals surface area contributed by atoms with E-state index in [2.05, 4.69) is 4.90 Å². The van der Waals surface area contributed by atoms with E-state index < -0.39 is 5.97 Å². The van der Waals surface area contributed by atoms with E-state index in [1.54, 1.807) is 35.2 Å². The van der Waals surface area contributed by atoms with Crippen LogP contribution in [0.4, 0.5) is 10.1 Å². The number of methoxy groups -OCH3 is 3. The molecule has 1 aliphatic rings. The smallest absolute Gasteiger partial charge is 0.331 e. The molecular weight excluding hydrogens is 431 g/mol. The van der Waals surface area contributed by atoms with Gasteiger partial charge < -0.3 is 28.7 Å². The average Bonchev–Trinajstić information content (AvgIpc) is 2.85. The monoisotopic (exact) mass is 458 g/mol. The summed E-state index contributed by atoms with van der Waals surface area (Å²) in [6.07, 6.45) is 2.78. The van der Waals surface area contributed by atoms with E-state index in [1.165, 1.54) is 39.5 Å². The van der Waals surface area contributed by atoms with Crippen LogP contribution in [0.3, 0.4) is 0 Å². The van der Waals surface area contributed by atoms with Gasteiger partial charge in [-0.25, -0.2) is 9.18 Å². The van der Waals surface area contributed by atoms with Crippen molar-refractivity contribution in [2.75, 3.05) is 59.0 Å². The lowest BCUT2D eigenvalue weighted by Gasteiger charge is -2.36. The van der Waals surface area contributed by atoms with Crippen molar-refractivity contribution in [3.05, 3.63) is 53.9 Å². The van der Waals surface area contributed by atoms with E-state index in [1.807, 2.05) is 0 Å². The normalized spacial score (nSPS) is 13.7. The van der Waals surface area contributed by atoms with Crippen LogP contribution >= 0.6 is 0 Å². The van der Waals surface area contributed by atoms with Crippen LogP contribution in [0.25, 0.3) is 6.08 Å². The molecular formula is C24H27FN2O6. The number of carbonyl (C=O) groups is 2. The Morgan fingerprint density at radius 1 is 0.939 bits per heavy atom. The van der Waals surface area contributed by atoms with E-state index >= 15 is 0 Å².